The molecular weight excluding hydrogens is 251 g/mol. The Labute approximate surface area is 113 Å². The summed E-state index contributed by atoms with van der Waals surface area (Å²) in [6.07, 6.45) is 0. The molecule has 0 saturated carbocycles. The molecule has 0 aliphatic rings. The molecule has 0 amide bonds. The second-order valence-electron chi connectivity index (χ2n) is 3.80. The molecule has 3 nitrogen and oxygen atoms in total. The van der Waals surface area contributed by atoms with E-state index in [4.69, 9.17) is 22.7 Å². The summed E-state index contributed by atoms with van der Waals surface area (Å²) in [6, 6.07) is 4.91. The molecule has 1 rings (SSSR count). The molecule has 0 fully saturated rings. The molecule has 0 radical (unpaired) electrons. The highest BCUT2D eigenvalue weighted by Crippen LogP contribution is 2.18. The number of hydrogen-bond acceptors (Lipinski definition) is 3. The topological polar surface area (TPSA) is 38.5 Å². The molecule has 0 aliphatic carbocycles. The third-order valence-electron chi connectivity index (χ3n) is 2.67. The summed E-state index contributed by atoms with van der Waals surface area (Å²) in [4.78, 5) is 2.12. The first-order valence-corrected chi connectivity index (χ1v) is 6.43. The first-order chi connectivity index (χ1) is 8.60. The van der Waals surface area contributed by atoms with Crippen LogP contribution in [0.25, 0.3) is 0 Å². The van der Waals surface area contributed by atoms with Gasteiger partial charge in [-0.25, -0.2) is 4.39 Å². The number of hydrogen-bond donors (Lipinski definition) is 1. The highest BCUT2D eigenvalue weighted by Gasteiger charge is 2.09. The lowest BCUT2D eigenvalue weighted by Gasteiger charge is -2.23. The van der Waals surface area contributed by atoms with Crippen molar-refractivity contribution in [3.8, 4) is 0 Å². The number of likely N-dealkylation sites (N-methyl/N-ethyl adjacent to an activating group) is 1. The summed E-state index contributed by atoms with van der Waals surface area (Å²) in [7, 11) is 0. The van der Waals surface area contributed by atoms with Gasteiger partial charge in [0.05, 0.1) is 6.61 Å². The van der Waals surface area contributed by atoms with Crippen LogP contribution in [0.4, 0.5) is 10.1 Å². The third-order valence-corrected chi connectivity index (χ3v) is 2.89. The van der Waals surface area contributed by atoms with Crippen molar-refractivity contribution in [3.63, 3.8) is 0 Å². The summed E-state index contributed by atoms with van der Waals surface area (Å²) in [5, 5.41) is 0. The molecule has 0 aliphatic heterocycles. The Morgan fingerprint density at radius 2 is 2.17 bits per heavy atom. The molecule has 0 aromatic heterocycles. The van der Waals surface area contributed by atoms with Crippen LogP contribution in [-0.4, -0.2) is 31.3 Å². The van der Waals surface area contributed by atoms with E-state index in [0.29, 0.717) is 13.2 Å². The molecule has 5 heteroatoms. The standard InChI is InChI=1S/C13H19FN2OS/c1-3-16(7-8-17-4-2)10-5-6-11(13(15)18)12(14)9-10/h5-6,9H,3-4,7-8H2,1-2H3,(H2,15,18). The molecule has 0 saturated heterocycles. The lowest BCUT2D eigenvalue weighted by atomic mass is 10.2. The quantitative estimate of drug-likeness (QED) is 0.609. The van der Waals surface area contributed by atoms with E-state index in [1.165, 1.54) is 6.07 Å². The van der Waals surface area contributed by atoms with Crippen LogP contribution in [0, 0.1) is 5.82 Å². The van der Waals surface area contributed by atoms with E-state index in [0.717, 1.165) is 18.8 Å². The van der Waals surface area contributed by atoms with Crippen molar-refractivity contribution in [2.24, 2.45) is 5.73 Å². The number of nitrogens with two attached hydrogens (primary N) is 1. The summed E-state index contributed by atoms with van der Waals surface area (Å²) < 4.78 is 19.1. The minimum atomic E-state index is -0.380. The Hall–Kier alpha value is -1.20. The van der Waals surface area contributed by atoms with Crippen LogP contribution < -0.4 is 10.6 Å². The molecule has 100 valence electrons. The molecular formula is C13H19FN2OS. The largest absolute Gasteiger partial charge is 0.389 e. The molecule has 0 heterocycles. The van der Waals surface area contributed by atoms with Crippen LogP contribution in [0.3, 0.4) is 0 Å². The number of thiocarbonyl (C=S) groups is 1. The SMILES string of the molecule is CCOCCN(CC)c1ccc(C(N)=S)c(F)c1. The molecule has 1 aromatic rings. The van der Waals surface area contributed by atoms with Crippen molar-refractivity contribution in [3.05, 3.63) is 29.6 Å². The van der Waals surface area contributed by atoms with Gasteiger partial charge in [0.2, 0.25) is 0 Å². The van der Waals surface area contributed by atoms with Gasteiger partial charge in [-0.2, -0.15) is 0 Å². The van der Waals surface area contributed by atoms with E-state index in [1.54, 1.807) is 6.07 Å². The van der Waals surface area contributed by atoms with Crippen LogP contribution in [0.1, 0.15) is 19.4 Å². The zero-order valence-corrected chi connectivity index (χ0v) is 11.6. The zero-order chi connectivity index (χ0) is 13.5. The normalized spacial score (nSPS) is 10.4. The number of ether oxygens (including phenoxy) is 1. The lowest BCUT2D eigenvalue weighted by Crippen LogP contribution is -2.27. The number of benzene rings is 1. The highest BCUT2D eigenvalue weighted by molar-refractivity contribution is 7.80. The Balaban J connectivity index is 2.80. The van der Waals surface area contributed by atoms with Gasteiger partial charge in [-0.15, -0.1) is 0 Å². The van der Waals surface area contributed by atoms with E-state index in [-0.39, 0.29) is 16.4 Å². The van der Waals surface area contributed by atoms with Crippen molar-refractivity contribution in [2.75, 3.05) is 31.2 Å². The maximum Gasteiger partial charge on any atom is 0.135 e. The zero-order valence-electron chi connectivity index (χ0n) is 10.8. The fourth-order valence-electron chi connectivity index (χ4n) is 1.69. The minimum Gasteiger partial charge on any atom is -0.389 e. The second kappa shape index (κ2) is 7.28. The summed E-state index contributed by atoms with van der Waals surface area (Å²) in [5.41, 5.74) is 6.53. The number of nitrogens with zero attached hydrogens (tertiary/aromatic N) is 1. The highest BCUT2D eigenvalue weighted by atomic mass is 32.1. The predicted molar refractivity (Wildman–Crippen MR) is 76.7 cm³/mol. The first-order valence-electron chi connectivity index (χ1n) is 6.02. The lowest BCUT2D eigenvalue weighted by molar-refractivity contribution is 0.154. The molecule has 0 atom stereocenters. The first kappa shape index (κ1) is 14.9. The average molecular weight is 270 g/mol. The van der Waals surface area contributed by atoms with E-state index in [2.05, 4.69) is 0 Å². The third kappa shape index (κ3) is 3.92. The van der Waals surface area contributed by atoms with Gasteiger partial charge in [-0.1, -0.05) is 12.2 Å². The van der Waals surface area contributed by atoms with Crippen molar-refractivity contribution in [2.45, 2.75) is 13.8 Å². The number of halogens is 1. The molecule has 0 spiro atoms. The molecule has 0 unspecified atom stereocenters. The summed E-state index contributed by atoms with van der Waals surface area (Å²) in [5.74, 6) is -0.380. The molecule has 0 bridgehead atoms. The van der Waals surface area contributed by atoms with E-state index in [1.807, 2.05) is 24.8 Å². The van der Waals surface area contributed by atoms with Gasteiger partial charge in [-0.05, 0) is 32.0 Å². The van der Waals surface area contributed by atoms with Crippen molar-refractivity contribution < 1.29 is 9.13 Å². The minimum absolute atomic E-state index is 0.0800. The molecule has 18 heavy (non-hydrogen) atoms. The Morgan fingerprint density at radius 1 is 1.44 bits per heavy atom. The van der Waals surface area contributed by atoms with Crippen molar-refractivity contribution in [1.29, 1.82) is 0 Å². The maximum atomic E-state index is 13.8. The van der Waals surface area contributed by atoms with Crippen molar-refractivity contribution >= 4 is 22.9 Å². The Morgan fingerprint density at radius 3 is 2.67 bits per heavy atom. The van der Waals surface area contributed by atoms with Crippen LogP contribution in [0.5, 0.6) is 0 Å². The van der Waals surface area contributed by atoms with E-state index < -0.39 is 0 Å². The van der Waals surface area contributed by atoms with Gasteiger partial charge in [0.1, 0.15) is 10.8 Å². The average Bonchev–Trinajstić information content (AvgIpc) is 2.34. The number of anilines is 1. The second-order valence-corrected chi connectivity index (χ2v) is 4.24. The predicted octanol–water partition coefficient (Wildman–Crippen LogP) is 2.32. The fraction of sp³-hybridized carbons (Fsp3) is 0.462. The monoisotopic (exact) mass is 270 g/mol. The van der Waals surface area contributed by atoms with Gasteiger partial charge in [0.25, 0.3) is 0 Å². The van der Waals surface area contributed by atoms with Crippen LogP contribution in [-0.2, 0) is 4.74 Å². The van der Waals surface area contributed by atoms with Crippen molar-refractivity contribution in [1.82, 2.24) is 0 Å². The Kier molecular flexibility index (Phi) is 6.01. The maximum absolute atomic E-state index is 13.8. The van der Waals surface area contributed by atoms with E-state index >= 15 is 0 Å². The van der Waals surface area contributed by atoms with Gasteiger partial charge < -0.3 is 15.4 Å². The van der Waals surface area contributed by atoms with Gasteiger partial charge in [0, 0.05) is 30.9 Å². The summed E-state index contributed by atoms with van der Waals surface area (Å²) in [6.45, 7) is 6.81. The van der Waals surface area contributed by atoms with Crippen LogP contribution >= 0.6 is 12.2 Å². The summed E-state index contributed by atoms with van der Waals surface area (Å²) >= 11 is 4.78. The van der Waals surface area contributed by atoms with Crippen LogP contribution in [0.2, 0.25) is 0 Å². The van der Waals surface area contributed by atoms with Gasteiger partial charge in [-0.3, -0.25) is 0 Å². The smallest absolute Gasteiger partial charge is 0.135 e. The number of rotatable bonds is 7. The van der Waals surface area contributed by atoms with E-state index in [9.17, 15) is 4.39 Å². The van der Waals surface area contributed by atoms with Gasteiger partial charge >= 0.3 is 0 Å². The molecule has 1 aromatic carbocycles. The fourth-order valence-corrected chi connectivity index (χ4v) is 1.85. The Bertz CT molecular complexity index is 412. The van der Waals surface area contributed by atoms with Crippen LogP contribution in [0.15, 0.2) is 18.2 Å². The van der Waals surface area contributed by atoms with Gasteiger partial charge in [0.15, 0.2) is 0 Å². The molecule has 2 N–H and O–H groups in total.